The molecule has 1 atom stereocenters. The third kappa shape index (κ3) is 3.90. The number of amides is 1. The highest BCUT2D eigenvalue weighted by Gasteiger charge is 2.25. The lowest BCUT2D eigenvalue weighted by atomic mass is 9.99. The van der Waals surface area contributed by atoms with Gasteiger partial charge in [-0.2, -0.15) is 5.10 Å². The molecule has 28 heavy (non-hydrogen) atoms. The second kappa shape index (κ2) is 8.31. The first-order chi connectivity index (χ1) is 13.7. The topological polar surface area (TPSA) is 72.2 Å². The average Bonchev–Trinajstić information content (AvgIpc) is 2.88. The molecule has 0 bridgehead atoms. The zero-order chi connectivity index (χ0) is 19.5. The first kappa shape index (κ1) is 18.9. The first-order valence-corrected chi connectivity index (χ1v) is 10.4. The molecule has 3 heterocycles. The Balaban J connectivity index is 1.25. The predicted molar refractivity (Wildman–Crippen MR) is 107 cm³/mol. The van der Waals surface area contributed by atoms with Crippen molar-refractivity contribution in [3.8, 4) is 0 Å². The number of nitrogens with one attached hydrogen (secondary N) is 1. The van der Waals surface area contributed by atoms with Crippen LogP contribution < -0.4 is 11.0 Å². The molecule has 0 spiro atoms. The number of carbonyl (C=O) groups is 1. The molecule has 2 aliphatic rings. The summed E-state index contributed by atoms with van der Waals surface area (Å²) >= 11 is 0. The summed E-state index contributed by atoms with van der Waals surface area (Å²) in [5.41, 5.74) is 2.79. The minimum absolute atomic E-state index is 0.0433. The van der Waals surface area contributed by atoms with Gasteiger partial charge >= 0.3 is 5.69 Å². The van der Waals surface area contributed by atoms with E-state index in [4.69, 9.17) is 0 Å². The third-order valence-electron chi connectivity index (χ3n) is 6.02. The van der Waals surface area contributed by atoms with Crippen LogP contribution in [0, 0.1) is 5.92 Å². The van der Waals surface area contributed by atoms with E-state index in [-0.39, 0.29) is 17.5 Å². The van der Waals surface area contributed by atoms with Crippen LogP contribution in [0.2, 0.25) is 0 Å². The van der Waals surface area contributed by atoms with Gasteiger partial charge in [0.2, 0.25) is 5.91 Å². The normalized spacial score (nSPS) is 19.5. The summed E-state index contributed by atoms with van der Waals surface area (Å²) in [5.74, 6) is 0.881. The fraction of sp³-hybridized carbons (Fsp3) is 0.571. The van der Waals surface area contributed by atoms with Crippen LogP contribution in [0.3, 0.4) is 0 Å². The lowest BCUT2D eigenvalue weighted by molar-refractivity contribution is -0.125. The van der Waals surface area contributed by atoms with Crippen LogP contribution in [-0.4, -0.2) is 44.8 Å². The lowest BCUT2D eigenvalue weighted by Gasteiger charge is -2.28. The van der Waals surface area contributed by atoms with Gasteiger partial charge < -0.3 is 5.32 Å². The number of rotatable bonds is 5. The standard InChI is InChI=1S/C21H29N5O2/c1-2-26-21(28)25-13-10-17(7-8-19(25)23-26)20(27)22-11-14-24-12-9-16-5-3-4-6-18(16)15-24/h3-6,17H,2,7-15H2,1H3,(H,22,27). The fourth-order valence-electron chi connectivity index (χ4n) is 4.32. The van der Waals surface area contributed by atoms with Crippen LogP contribution in [0.25, 0.3) is 0 Å². The first-order valence-electron chi connectivity index (χ1n) is 10.4. The maximum atomic E-state index is 12.6. The number of fused-ring (bicyclic) bond motifs is 2. The molecular formula is C21H29N5O2. The quantitative estimate of drug-likeness (QED) is 0.842. The molecule has 7 heteroatoms. The minimum atomic E-state index is -0.0519. The Morgan fingerprint density at radius 2 is 2.00 bits per heavy atom. The SMILES string of the molecule is CCn1nc2n(c1=O)CCC(C(=O)NCCN1CCc3ccccc3C1)CC2. The molecule has 1 N–H and O–H groups in total. The van der Waals surface area contributed by atoms with Gasteiger partial charge in [-0.3, -0.25) is 14.3 Å². The van der Waals surface area contributed by atoms with Crippen molar-refractivity contribution in [3.63, 3.8) is 0 Å². The van der Waals surface area contributed by atoms with E-state index in [0.29, 0.717) is 32.5 Å². The Kier molecular flexibility index (Phi) is 5.62. The molecule has 4 rings (SSSR count). The third-order valence-corrected chi connectivity index (χ3v) is 6.02. The summed E-state index contributed by atoms with van der Waals surface area (Å²) in [6, 6.07) is 8.60. The summed E-state index contributed by atoms with van der Waals surface area (Å²) in [7, 11) is 0. The summed E-state index contributed by atoms with van der Waals surface area (Å²) < 4.78 is 3.24. The number of benzene rings is 1. The van der Waals surface area contributed by atoms with E-state index in [1.54, 1.807) is 4.57 Å². The maximum absolute atomic E-state index is 12.6. The van der Waals surface area contributed by atoms with E-state index in [0.717, 1.165) is 38.3 Å². The Morgan fingerprint density at radius 3 is 2.82 bits per heavy atom. The van der Waals surface area contributed by atoms with Crippen LogP contribution >= 0.6 is 0 Å². The van der Waals surface area contributed by atoms with Crippen molar-refractivity contribution < 1.29 is 4.79 Å². The second-order valence-electron chi connectivity index (χ2n) is 7.78. The van der Waals surface area contributed by atoms with E-state index in [1.807, 2.05) is 6.92 Å². The highest BCUT2D eigenvalue weighted by atomic mass is 16.2. The largest absolute Gasteiger partial charge is 0.355 e. The molecule has 0 radical (unpaired) electrons. The summed E-state index contributed by atoms with van der Waals surface area (Å²) in [5, 5.41) is 7.51. The molecule has 2 aromatic rings. The number of nitrogens with zero attached hydrogens (tertiary/aromatic N) is 4. The lowest BCUT2D eigenvalue weighted by Crippen LogP contribution is -2.39. The van der Waals surface area contributed by atoms with E-state index in [9.17, 15) is 9.59 Å². The van der Waals surface area contributed by atoms with Gasteiger partial charge in [-0.1, -0.05) is 24.3 Å². The molecule has 7 nitrogen and oxygen atoms in total. The van der Waals surface area contributed by atoms with Gasteiger partial charge in [0.05, 0.1) is 0 Å². The van der Waals surface area contributed by atoms with E-state index in [1.165, 1.54) is 15.8 Å². The zero-order valence-corrected chi connectivity index (χ0v) is 16.6. The number of hydrogen-bond donors (Lipinski definition) is 1. The van der Waals surface area contributed by atoms with Crippen LogP contribution in [0.1, 0.15) is 36.7 Å². The van der Waals surface area contributed by atoms with Crippen molar-refractivity contribution >= 4 is 5.91 Å². The molecule has 0 saturated carbocycles. The van der Waals surface area contributed by atoms with Crippen molar-refractivity contribution in [2.24, 2.45) is 5.92 Å². The summed E-state index contributed by atoms with van der Waals surface area (Å²) in [6.45, 7) is 6.63. The minimum Gasteiger partial charge on any atom is -0.355 e. The number of aromatic nitrogens is 3. The van der Waals surface area contributed by atoms with Gasteiger partial charge in [-0.05, 0) is 37.3 Å². The monoisotopic (exact) mass is 383 g/mol. The molecular weight excluding hydrogens is 354 g/mol. The predicted octanol–water partition coefficient (Wildman–Crippen LogP) is 1.19. The maximum Gasteiger partial charge on any atom is 0.345 e. The molecule has 1 aromatic heterocycles. The van der Waals surface area contributed by atoms with E-state index < -0.39 is 0 Å². The highest BCUT2D eigenvalue weighted by molar-refractivity contribution is 5.78. The van der Waals surface area contributed by atoms with Crippen LogP contribution in [0.15, 0.2) is 29.1 Å². The molecule has 1 amide bonds. The number of hydrogen-bond acceptors (Lipinski definition) is 4. The number of carbonyl (C=O) groups excluding carboxylic acids is 1. The van der Waals surface area contributed by atoms with E-state index >= 15 is 0 Å². The zero-order valence-electron chi connectivity index (χ0n) is 16.6. The van der Waals surface area contributed by atoms with Crippen LogP contribution in [-0.2, 0) is 37.3 Å². The van der Waals surface area contributed by atoms with Crippen molar-refractivity contribution in [2.45, 2.75) is 52.2 Å². The molecule has 0 aliphatic carbocycles. The number of aryl methyl sites for hydroxylation is 2. The molecule has 2 aliphatic heterocycles. The van der Waals surface area contributed by atoms with Crippen LogP contribution in [0.5, 0.6) is 0 Å². The van der Waals surface area contributed by atoms with Crippen molar-refractivity contribution in [1.29, 1.82) is 0 Å². The van der Waals surface area contributed by atoms with Gasteiger partial charge in [-0.15, -0.1) is 0 Å². The van der Waals surface area contributed by atoms with Gasteiger partial charge in [0, 0.05) is 51.6 Å². The Bertz CT molecular complexity index is 900. The van der Waals surface area contributed by atoms with Gasteiger partial charge in [0.25, 0.3) is 0 Å². The highest BCUT2D eigenvalue weighted by Crippen LogP contribution is 2.19. The average molecular weight is 383 g/mol. The van der Waals surface area contributed by atoms with Gasteiger partial charge in [0.1, 0.15) is 5.82 Å². The Morgan fingerprint density at radius 1 is 1.18 bits per heavy atom. The Hall–Kier alpha value is -2.41. The molecule has 1 unspecified atom stereocenters. The van der Waals surface area contributed by atoms with Crippen molar-refractivity contribution in [3.05, 3.63) is 51.7 Å². The Labute approximate surface area is 165 Å². The summed E-state index contributed by atoms with van der Waals surface area (Å²) in [4.78, 5) is 27.3. The fourth-order valence-corrected chi connectivity index (χ4v) is 4.32. The van der Waals surface area contributed by atoms with E-state index in [2.05, 4.69) is 39.6 Å². The van der Waals surface area contributed by atoms with Crippen molar-refractivity contribution in [2.75, 3.05) is 19.6 Å². The molecule has 0 fully saturated rings. The van der Waals surface area contributed by atoms with Crippen molar-refractivity contribution in [1.82, 2.24) is 24.6 Å². The second-order valence-corrected chi connectivity index (χ2v) is 7.78. The smallest absolute Gasteiger partial charge is 0.345 e. The van der Waals surface area contributed by atoms with Crippen LogP contribution in [0.4, 0.5) is 0 Å². The van der Waals surface area contributed by atoms with Gasteiger partial charge in [0.15, 0.2) is 0 Å². The summed E-state index contributed by atoms with van der Waals surface area (Å²) in [6.07, 6.45) is 3.21. The molecule has 0 saturated heterocycles. The molecule has 150 valence electrons. The van der Waals surface area contributed by atoms with Gasteiger partial charge in [-0.25, -0.2) is 9.48 Å². The molecule has 1 aromatic carbocycles.